The Labute approximate surface area is 198 Å². The number of fused-ring (bicyclic) bond motifs is 1. The summed E-state index contributed by atoms with van der Waals surface area (Å²) in [6.45, 7) is 0.545. The van der Waals surface area contributed by atoms with E-state index in [-0.39, 0.29) is 16.7 Å². The standard InChI is InChI=1S/C24H26N2O5S2/c1-30-21-10-9-17(14-22(21)31-2)11-12-25-24(27)20-15-18-6-3-4-7-19(18)16-26(20)33(28,29)23-8-5-13-32-23/h3-10,13-14,20H,11-12,15-16H2,1-2H3,(H,25,27). The maximum absolute atomic E-state index is 13.3. The SMILES string of the molecule is COc1ccc(CCNC(=O)C2Cc3ccccc3CN2S(=O)(=O)c2cccs2)cc1OC. The number of benzene rings is 2. The van der Waals surface area contributed by atoms with Crippen LogP contribution in [0.2, 0.25) is 0 Å². The van der Waals surface area contributed by atoms with E-state index in [1.165, 1.54) is 4.31 Å². The third-order valence-electron chi connectivity index (χ3n) is 5.73. The Morgan fingerprint density at radius 3 is 2.52 bits per heavy atom. The molecule has 4 rings (SSSR count). The number of hydrogen-bond acceptors (Lipinski definition) is 6. The van der Waals surface area contributed by atoms with Gasteiger partial charge in [-0.2, -0.15) is 4.31 Å². The van der Waals surface area contributed by atoms with Crippen molar-refractivity contribution in [2.75, 3.05) is 20.8 Å². The van der Waals surface area contributed by atoms with E-state index in [4.69, 9.17) is 9.47 Å². The van der Waals surface area contributed by atoms with Crippen molar-refractivity contribution in [3.63, 3.8) is 0 Å². The lowest BCUT2D eigenvalue weighted by Gasteiger charge is -2.34. The van der Waals surface area contributed by atoms with Crippen molar-refractivity contribution in [1.29, 1.82) is 0 Å². The zero-order chi connectivity index (χ0) is 23.4. The highest BCUT2D eigenvalue weighted by Gasteiger charge is 2.39. The van der Waals surface area contributed by atoms with Crippen LogP contribution in [0.1, 0.15) is 16.7 Å². The van der Waals surface area contributed by atoms with Gasteiger partial charge in [-0.15, -0.1) is 11.3 Å². The third kappa shape index (κ3) is 4.90. The summed E-state index contributed by atoms with van der Waals surface area (Å²) in [5.74, 6) is 0.962. The zero-order valence-electron chi connectivity index (χ0n) is 18.5. The second-order valence-electron chi connectivity index (χ2n) is 7.70. The number of ether oxygens (including phenoxy) is 2. The monoisotopic (exact) mass is 486 g/mol. The van der Waals surface area contributed by atoms with Gasteiger partial charge in [0.05, 0.1) is 14.2 Å². The van der Waals surface area contributed by atoms with Gasteiger partial charge in [0.25, 0.3) is 10.0 Å². The number of amides is 1. The molecule has 0 bridgehead atoms. The van der Waals surface area contributed by atoms with E-state index in [9.17, 15) is 13.2 Å². The summed E-state index contributed by atoms with van der Waals surface area (Å²) < 4.78 is 38.8. The number of methoxy groups -OCH3 is 2. The van der Waals surface area contributed by atoms with Crippen molar-refractivity contribution in [3.8, 4) is 11.5 Å². The summed E-state index contributed by atoms with van der Waals surface area (Å²) in [6.07, 6.45) is 0.913. The average Bonchev–Trinajstić information content (AvgIpc) is 3.39. The van der Waals surface area contributed by atoms with Crippen molar-refractivity contribution >= 4 is 27.3 Å². The fourth-order valence-corrected chi connectivity index (χ4v) is 6.67. The van der Waals surface area contributed by atoms with Crippen molar-refractivity contribution in [3.05, 3.63) is 76.7 Å². The van der Waals surface area contributed by atoms with Crippen molar-refractivity contribution in [1.82, 2.24) is 9.62 Å². The first-order chi connectivity index (χ1) is 15.9. The third-order valence-corrected chi connectivity index (χ3v) is 8.95. The van der Waals surface area contributed by atoms with E-state index in [0.29, 0.717) is 30.9 Å². The molecule has 1 aromatic heterocycles. The van der Waals surface area contributed by atoms with Gasteiger partial charge in [-0.25, -0.2) is 8.42 Å². The molecule has 1 aliphatic heterocycles. The minimum atomic E-state index is -3.79. The maximum Gasteiger partial charge on any atom is 0.253 e. The van der Waals surface area contributed by atoms with Crippen LogP contribution in [-0.2, 0) is 34.2 Å². The molecule has 7 nitrogen and oxygen atoms in total. The van der Waals surface area contributed by atoms with E-state index >= 15 is 0 Å². The summed E-state index contributed by atoms with van der Waals surface area (Å²) >= 11 is 1.16. The van der Waals surface area contributed by atoms with Crippen molar-refractivity contribution in [2.45, 2.75) is 29.6 Å². The van der Waals surface area contributed by atoms with Crippen LogP contribution in [0.5, 0.6) is 11.5 Å². The van der Waals surface area contributed by atoms with Gasteiger partial charge >= 0.3 is 0 Å². The molecule has 33 heavy (non-hydrogen) atoms. The highest BCUT2D eigenvalue weighted by molar-refractivity contribution is 7.91. The van der Waals surface area contributed by atoms with Crippen LogP contribution in [0.4, 0.5) is 0 Å². The number of rotatable bonds is 8. The topological polar surface area (TPSA) is 84.9 Å². The lowest BCUT2D eigenvalue weighted by molar-refractivity contribution is -0.125. The molecule has 0 saturated carbocycles. The fourth-order valence-electron chi connectivity index (χ4n) is 3.98. The molecule has 0 spiro atoms. The number of nitrogens with one attached hydrogen (secondary N) is 1. The molecular formula is C24H26N2O5S2. The maximum atomic E-state index is 13.3. The molecule has 1 amide bonds. The van der Waals surface area contributed by atoms with Crippen LogP contribution < -0.4 is 14.8 Å². The second-order valence-corrected chi connectivity index (χ2v) is 10.8. The summed E-state index contributed by atoms with van der Waals surface area (Å²) in [6, 6.07) is 15.7. The molecule has 2 aromatic carbocycles. The molecule has 1 aliphatic rings. The molecule has 2 heterocycles. The summed E-state index contributed by atoms with van der Waals surface area (Å²) in [4.78, 5) is 13.2. The highest BCUT2D eigenvalue weighted by Crippen LogP contribution is 2.31. The van der Waals surface area contributed by atoms with Crippen LogP contribution in [0, 0.1) is 0 Å². The van der Waals surface area contributed by atoms with E-state index in [1.807, 2.05) is 42.5 Å². The first-order valence-electron chi connectivity index (χ1n) is 10.5. The molecule has 0 fully saturated rings. The predicted octanol–water partition coefficient (Wildman–Crippen LogP) is 3.24. The fraction of sp³-hybridized carbons (Fsp3) is 0.292. The Morgan fingerprint density at radius 2 is 1.82 bits per heavy atom. The minimum Gasteiger partial charge on any atom is -0.493 e. The van der Waals surface area contributed by atoms with E-state index in [2.05, 4.69) is 5.32 Å². The Bertz CT molecular complexity index is 1230. The van der Waals surface area contributed by atoms with Crippen LogP contribution in [-0.4, -0.2) is 45.4 Å². The summed E-state index contributed by atoms with van der Waals surface area (Å²) in [5, 5.41) is 4.66. The Hall–Kier alpha value is -2.88. The second kappa shape index (κ2) is 9.94. The Kier molecular flexibility index (Phi) is 7.02. The van der Waals surface area contributed by atoms with Crippen molar-refractivity contribution in [2.24, 2.45) is 0 Å². The summed E-state index contributed by atoms with van der Waals surface area (Å²) in [7, 11) is -0.633. The van der Waals surface area contributed by atoms with E-state index < -0.39 is 16.1 Å². The number of thiophene rings is 1. The molecule has 9 heteroatoms. The number of carbonyl (C=O) groups is 1. The van der Waals surface area contributed by atoms with Gasteiger partial charge in [0.2, 0.25) is 5.91 Å². The smallest absolute Gasteiger partial charge is 0.253 e. The number of hydrogen-bond donors (Lipinski definition) is 1. The minimum absolute atomic E-state index is 0.171. The van der Waals surface area contributed by atoms with Gasteiger partial charge in [0, 0.05) is 13.1 Å². The average molecular weight is 487 g/mol. The molecule has 0 radical (unpaired) electrons. The lowest BCUT2D eigenvalue weighted by atomic mass is 9.95. The van der Waals surface area contributed by atoms with E-state index in [1.54, 1.807) is 31.7 Å². The van der Waals surface area contributed by atoms with Crippen LogP contribution in [0.25, 0.3) is 0 Å². The predicted molar refractivity (Wildman–Crippen MR) is 127 cm³/mol. The van der Waals surface area contributed by atoms with Gasteiger partial charge < -0.3 is 14.8 Å². The van der Waals surface area contributed by atoms with Gasteiger partial charge in [-0.05, 0) is 53.1 Å². The lowest BCUT2D eigenvalue weighted by Crippen LogP contribution is -2.52. The molecule has 0 saturated heterocycles. The van der Waals surface area contributed by atoms with Gasteiger partial charge in [-0.3, -0.25) is 4.79 Å². The first kappa shape index (κ1) is 23.3. The van der Waals surface area contributed by atoms with Gasteiger partial charge in [0.1, 0.15) is 10.3 Å². The zero-order valence-corrected chi connectivity index (χ0v) is 20.1. The number of carbonyl (C=O) groups excluding carboxylic acids is 1. The number of sulfonamides is 1. The molecule has 1 unspecified atom stereocenters. The summed E-state index contributed by atoms with van der Waals surface area (Å²) in [5.41, 5.74) is 2.90. The van der Waals surface area contributed by atoms with Gasteiger partial charge in [0.15, 0.2) is 11.5 Å². The molecule has 1 N–H and O–H groups in total. The Morgan fingerprint density at radius 1 is 1.06 bits per heavy atom. The van der Waals surface area contributed by atoms with Crippen LogP contribution in [0.15, 0.2) is 64.2 Å². The van der Waals surface area contributed by atoms with Crippen LogP contribution in [0.3, 0.4) is 0 Å². The molecular weight excluding hydrogens is 460 g/mol. The van der Waals surface area contributed by atoms with E-state index in [0.717, 1.165) is 28.0 Å². The number of nitrogens with zero attached hydrogens (tertiary/aromatic N) is 1. The Balaban J connectivity index is 1.51. The molecule has 0 aliphatic carbocycles. The first-order valence-corrected chi connectivity index (χ1v) is 12.9. The molecule has 174 valence electrons. The normalized spacial score (nSPS) is 16.1. The highest BCUT2D eigenvalue weighted by atomic mass is 32.2. The largest absolute Gasteiger partial charge is 0.493 e. The quantitative estimate of drug-likeness (QED) is 0.528. The van der Waals surface area contributed by atoms with Crippen LogP contribution >= 0.6 is 11.3 Å². The molecule has 1 atom stereocenters. The van der Waals surface area contributed by atoms with Gasteiger partial charge in [-0.1, -0.05) is 36.4 Å². The molecule has 3 aromatic rings. The van der Waals surface area contributed by atoms with Crippen molar-refractivity contribution < 1.29 is 22.7 Å².